The highest BCUT2D eigenvalue weighted by molar-refractivity contribution is 5.98. The minimum atomic E-state index is -0.322. The third-order valence-corrected chi connectivity index (χ3v) is 3.42. The van der Waals surface area contributed by atoms with Crippen LogP contribution in [0.4, 0.5) is 0 Å². The van der Waals surface area contributed by atoms with Gasteiger partial charge in [-0.05, 0) is 31.1 Å². The van der Waals surface area contributed by atoms with Gasteiger partial charge in [-0.25, -0.2) is 4.79 Å². The van der Waals surface area contributed by atoms with Gasteiger partial charge in [0, 0.05) is 17.6 Å². The van der Waals surface area contributed by atoms with E-state index in [1.807, 2.05) is 42.5 Å². The van der Waals surface area contributed by atoms with Crippen molar-refractivity contribution in [3.63, 3.8) is 0 Å². The van der Waals surface area contributed by atoms with Crippen LogP contribution in [0.1, 0.15) is 35.3 Å². The highest BCUT2D eigenvalue weighted by atomic mass is 16.5. The standard InChI is InChI=1S/C20H20O3/c1-3-23-20(22)15(2)13-17-9-11-18(12-10-17)19(21)14-16-7-5-4-6-8-16/h4-13H,3,14H2,1-2H3/b15-13+. The van der Waals surface area contributed by atoms with Crippen LogP contribution in [0.3, 0.4) is 0 Å². The van der Waals surface area contributed by atoms with Crippen LogP contribution in [0.25, 0.3) is 6.08 Å². The molecule has 0 unspecified atom stereocenters. The number of Topliss-reactive ketones (excluding diaryl/α,β-unsaturated/α-hetero) is 1. The second-order valence-corrected chi connectivity index (χ2v) is 5.26. The van der Waals surface area contributed by atoms with Crippen molar-refractivity contribution in [3.8, 4) is 0 Å². The molecule has 0 N–H and O–H groups in total. The summed E-state index contributed by atoms with van der Waals surface area (Å²) in [7, 11) is 0. The van der Waals surface area contributed by atoms with Crippen LogP contribution in [-0.2, 0) is 16.0 Å². The zero-order valence-electron chi connectivity index (χ0n) is 13.4. The highest BCUT2D eigenvalue weighted by Crippen LogP contribution is 2.12. The Morgan fingerprint density at radius 3 is 2.26 bits per heavy atom. The first kappa shape index (κ1) is 16.7. The van der Waals surface area contributed by atoms with Crippen LogP contribution in [0.5, 0.6) is 0 Å². The van der Waals surface area contributed by atoms with E-state index in [2.05, 4.69) is 0 Å². The van der Waals surface area contributed by atoms with Gasteiger partial charge in [0.25, 0.3) is 0 Å². The average Bonchev–Trinajstić information content (AvgIpc) is 2.56. The molecule has 0 saturated heterocycles. The Bertz CT molecular complexity index is 697. The molecule has 0 aliphatic heterocycles. The van der Waals surface area contributed by atoms with Crippen molar-refractivity contribution < 1.29 is 14.3 Å². The van der Waals surface area contributed by atoms with Gasteiger partial charge in [-0.3, -0.25) is 4.79 Å². The van der Waals surface area contributed by atoms with E-state index in [0.717, 1.165) is 11.1 Å². The lowest BCUT2D eigenvalue weighted by Gasteiger charge is -2.04. The third kappa shape index (κ3) is 4.92. The van der Waals surface area contributed by atoms with E-state index >= 15 is 0 Å². The van der Waals surface area contributed by atoms with Gasteiger partial charge in [0.15, 0.2) is 5.78 Å². The minimum absolute atomic E-state index is 0.0776. The molecule has 0 saturated carbocycles. The molecule has 0 aliphatic rings. The van der Waals surface area contributed by atoms with Gasteiger partial charge in [0.05, 0.1) is 6.61 Å². The summed E-state index contributed by atoms with van der Waals surface area (Å²) < 4.78 is 4.94. The van der Waals surface area contributed by atoms with E-state index in [9.17, 15) is 9.59 Å². The van der Waals surface area contributed by atoms with Crippen LogP contribution in [0.15, 0.2) is 60.2 Å². The Morgan fingerprint density at radius 1 is 1.00 bits per heavy atom. The van der Waals surface area contributed by atoms with Crippen molar-refractivity contribution in [1.82, 2.24) is 0 Å². The van der Waals surface area contributed by atoms with Crippen molar-refractivity contribution in [3.05, 3.63) is 76.9 Å². The van der Waals surface area contributed by atoms with E-state index in [1.54, 1.807) is 32.1 Å². The molecule has 0 heterocycles. The monoisotopic (exact) mass is 308 g/mol. The Hall–Kier alpha value is -2.68. The number of carbonyl (C=O) groups is 2. The molecule has 0 amide bonds. The van der Waals surface area contributed by atoms with Gasteiger partial charge >= 0.3 is 5.97 Å². The quantitative estimate of drug-likeness (QED) is 0.459. The average molecular weight is 308 g/mol. The lowest BCUT2D eigenvalue weighted by Crippen LogP contribution is -2.05. The molecule has 3 heteroatoms. The molecule has 2 aromatic rings. The summed E-state index contributed by atoms with van der Waals surface area (Å²) in [5, 5.41) is 0. The molecule has 0 aliphatic carbocycles. The molecule has 0 atom stereocenters. The topological polar surface area (TPSA) is 43.4 Å². The maximum absolute atomic E-state index is 12.3. The Morgan fingerprint density at radius 2 is 1.65 bits per heavy atom. The van der Waals surface area contributed by atoms with E-state index in [-0.39, 0.29) is 11.8 Å². The Labute approximate surface area is 136 Å². The summed E-state index contributed by atoms with van der Waals surface area (Å²) in [6.07, 6.45) is 2.14. The SMILES string of the molecule is CCOC(=O)/C(C)=C/c1ccc(C(=O)Cc2ccccc2)cc1. The summed E-state index contributed by atoms with van der Waals surface area (Å²) in [6, 6.07) is 16.9. The molecule has 0 bridgehead atoms. The summed E-state index contributed by atoms with van der Waals surface area (Å²) in [5.74, 6) is -0.245. The fourth-order valence-corrected chi connectivity index (χ4v) is 2.20. The first-order chi connectivity index (χ1) is 11.1. The smallest absolute Gasteiger partial charge is 0.333 e. The molecule has 0 spiro atoms. The van der Waals surface area contributed by atoms with Crippen LogP contribution >= 0.6 is 0 Å². The van der Waals surface area contributed by atoms with Gasteiger partial charge < -0.3 is 4.74 Å². The van der Waals surface area contributed by atoms with Gasteiger partial charge in [0.2, 0.25) is 0 Å². The summed E-state index contributed by atoms with van der Waals surface area (Å²) in [5.41, 5.74) is 3.07. The molecule has 118 valence electrons. The number of hydrogen-bond donors (Lipinski definition) is 0. The van der Waals surface area contributed by atoms with Crippen molar-refractivity contribution in [1.29, 1.82) is 0 Å². The lowest BCUT2D eigenvalue weighted by atomic mass is 10.0. The molecule has 3 nitrogen and oxygen atoms in total. The number of rotatable bonds is 6. The number of carbonyl (C=O) groups excluding carboxylic acids is 2. The second kappa shape index (κ2) is 8.08. The van der Waals surface area contributed by atoms with Crippen molar-refractivity contribution >= 4 is 17.8 Å². The maximum atomic E-state index is 12.3. The highest BCUT2D eigenvalue weighted by Gasteiger charge is 2.08. The lowest BCUT2D eigenvalue weighted by molar-refractivity contribution is -0.138. The predicted molar refractivity (Wildman–Crippen MR) is 91.2 cm³/mol. The zero-order valence-corrected chi connectivity index (χ0v) is 13.4. The summed E-state index contributed by atoms with van der Waals surface area (Å²) in [4.78, 5) is 23.8. The fraction of sp³-hybridized carbons (Fsp3) is 0.200. The molecule has 0 aromatic heterocycles. The molecule has 23 heavy (non-hydrogen) atoms. The zero-order chi connectivity index (χ0) is 16.7. The minimum Gasteiger partial charge on any atom is -0.463 e. The van der Waals surface area contributed by atoms with Crippen molar-refractivity contribution in [2.75, 3.05) is 6.61 Å². The maximum Gasteiger partial charge on any atom is 0.333 e. The number of benzene rings is 2. The molecule has 2 aromatic carbocycles. The first-order valence-electron chi connectivity index (χ1n) is 7.62. The van der Waals surface area contributed by atoms with E-state index in [0.29, 0.717) is 24.2 Å². The van der Waals surface area contributed by atoms with E-state index in [1.165, 1.54) is 0 Å². The first-order valence-corrected chi connectivity index (χ1v) is 7.62. The van der Waals surface area contributed by atoms with Crippen LogP contribution in [0, 0.1) is 0 Å². The molecular formula is C20H20O3. The molecular weight excluding hydrogens is 288 g/mol. The number of hydrogen-bond acceptors (Lipinski definition) is 3. The Balaban J connectivity index is 2.06. The van der Waals surface area contributed by atoms with Gasteiger partial charge in [0.1, 0.15) is 0 Å². The number of esters is 1. The fourth-order valence-electron chi connectivity index (χ4n) is 2.20. The molecule has 2 rings (SSSR count). The third-order valence-electron chi connectivity index (χ3n) is 3.42. The second-order valence-electron chi connectivity index (χ2n) is 5.26. The van der Waals surface area contributed by atoms with Gasteiger partial charge in [-0.2, -0.15) is 0 Å². The van der Waals surface area contributed by atoms with Gasteiger partial charge in [-0.1, -0.05) is 54.6 Å². The van der Waals surface area contributed by atoms with Crippen LogP contribution < -0.4 is 0 Å². The molecule has 0 fully saturated rings. The summed E-state index contributed by atoms with van der Waals surface area (Å²) >= 11 is 0. The van der Waals surface area contributed by atoms with Gasteiger partial charge in [-0.15, -0.1) is 0 Å². The Kier molecular flexibility index (Phi) is 5.87. The van der Waals surface area contributed by atoms with Crippen molar-refractivity contribution in [2.24, 2.45) is 0 Å². The predicted octanol–water partition coefficient (Wildman–Crippen LogP) is 4.08. The van der Waals surface area contributed by atoms with E-state index < -0.39 is 0 Å². The summed E-state index contributed by atoms with van der Waals surface area (Å²) in [6.45, 7) is 3.85. The van der Waals surface area contributed by atoms with Crippen LogP contribution in [-0.4, -0.2) is 18.4 Å². The van der Waals surface area contributed by atoms with Crippen LogP contribution in [0.2, 0.25) is 0 Å². The largest absolute Gasteiger partial charge is 0.463 e. The number of ether oxygens (including phenoxy) is 1. The number of ketones is 1. The van der Waals surface area contributed by atoms with E-state index in [4.69, 9.17) is 4.74 Å². The van der Waals surface area contributed by atoms with Crippen molar-refractivity contribution in [2.45, 2.75) is 20.3 Å². The normalized spacial score (nSPS) is 11.1. The molecule has 0 radical (unpaired) electrons.